The van der Waals surface area contributed by atoms with Crippen LogP contribution >= 0.6 is 15.9 Å². The average molecular weight is 294 g/mol. The molecular formula is C13H16BrN3. The van der Waals surface area contributed by atoms with E-state index in [1.54, 1.807) is 6.20 Å². The number of hydrogen-bond acceptors (Lipinski definition) is 2. The Balaban J connectivity index is 2.23. The minimum atomic E-state index is 0.482. The van der Waals surface area contributed by atoms with Crippen LogP contribution in [0.1, 0.15) is 36.1 Å². The zero-order valence-electron chi connectivity index (χ0n) is 10.1. The van der Waals surface area contributed by atoms with E-state index in [9.17, 15) is 0 Å². The van der Waals surface area contributed by atoms with Crippen LogP contribution in [0, 0.1) is 6.92 Å². The predicted molar refractivity (Wildman–Crippen MR) is 72.0 cm³/mol. The van der Waals surface area contributed by atoms with Gasteiger partial charge in [0.2, 0.25) is 0 Å². The standard InChI is InChI=1S/C13H16BrN3/c1-3-10(7-11-8-15-17-16-11)12-5-4-9(2)6-13(12)14/h4-6,8,10H,3,7H2,1-2H3,(H,15,16,17). The van der Waals surface area contributed by atoms with E-state index in [-0.39, 0.29) is 0 Å². The molecular weight excluding hydrogens is 278 g/mol. The van der Waals surface area contributed by atoms with Gasteiger partial charge in [-0.25, -0.2) is 0 Å². The van der Waals surface area contributed by atoms with Gasteiger partial charge in [0.05, 0.1) is 11.9 Å². The average Bonchev–Trinajstić information content (AvgIpc) is 2.79. The monoisotopic (exact) mass is 293 g/mol. The molecule has 3 nitrogen and oxygen atoms in total. The number of nitrogens with one attached hydrogen (secondary N) is 1. The van der Waals surface area contributed by atoms with Gasteiger partial charge < -0.3 is 0 Å². The van der Waals surface area contributed by atoms with Gasteiger partial charge in [0, 0.05) is 10.9 Å². The first-order chi connectivity index (χ1) is 8.20. The van der Waals surface area contributed by atoms with E-state index in [0.717, 1.165) is 18.5 Å². The van der Waals surface area contributed by atoms with Crippen molar-refractivity contribution >= 4 is 15.9 Å². The highest BCUT2D eigenvalue weighted by molar-refractivity contribution is 9.10. The van der Waals surface area contributed by atoms with Crippen molar-refractivity contribution in [2.24, 2.45) is 0 Å². The summed E-state index contributed by atoms with van der Waals surface area (Å²) in [7, 11) is 0. The number of aromatic nitrogens is 3. The second-order valence-corrected chi connectivity index (χ2v) is 5.15. The lowest BCUT2D eigenvalue weighted by molar-refractivity contribution is 0.645. The van der Waals surface area contributed by atoms with E-state index in [4.69, 9.17) is 0 Å². The zero-order valence-corrected chi connectivity index (χ0v) is 11.7. The summed E-state index contributed by atoms with van der Waals surface area (Å²) < 4.78 is 1.19. The van der Waals surface area contributed by atoms with Crippen LogP contribution in [0.4, 0.5) is 0 Å². The van der Waals surface area contributed by atoms with E-state index in [0.29, 0.717) is 5.92 Å². The third kappa shape index (κ3) is 2.94. The topological polar surface area (TPSA) is 41.6 Å². The molecule has 1 aromatic heterocycles. The Morgan fingerprint density at radius 3 is 2.82 bits per heavy atom. The van der Waals surface area contributed by atoms with Crippen molar-refractivity contribution in [3.63, 3.8) is 0 Å². The molecule has 90 valence electrons. The molecule has 0 bridgehead atoms. The maximum Gasteiger partial charge on any atom is 0.0830 e. The molecule has 0 saturated carbocycles. The van der Waals surface area contributed by atoms with Gasteiger partial charge in [0.1, 0.15) is 0 Å². The van der Waals surface area contributed by atoms with E-state index in [1.807, 2.05) is 0 Å². The second kappa shape index (κ2) is 5.45. The Hall–Kier alpha value is -1.16. The first-order valence-electron chi connectivity index (χ1n) is 5.81. The summed E-state index contributed by atoms with van der Waals surface area (Å²) in [4.78, 5) is 0. The summed E-state index contributed by atoms with van der Waals surface area (Å²) in [5, 5.41) is 10.6. The SMILES string of the molecule is CCC(Cc1cn[nH]n1)c1ccc(C)cc1Br. The van der Waals surface area contributed by atoms with Crippen LogP contribution in [0.2, 0.25) is 0 Å². The summed E-state index contributed by atoms with van der Waals surface area (Å²) in [5.74, 6) is 0.482. The van der Waals surface area contributed by atoms with Crippen LogP contribution in [0.15, 0.2) is 28.9 Å². The van der Waals surface area contributed by atoms with Gasteiger partial charge in [-0.1, -0.05) is 35.0 Å². The highest BCUT2D eigenvalue weighted by atomic mass is 79.9. The van der Waals surface area contributed by atoms with Crippen molar-refractivity contribution in [1.29, 1.82) is 0 Å². The zero-order chi connectivity index (χ0) is 12.3. The fraction of sp³-hybridized carbons (Fsp3) is 0.385. The highest BCUT2D eigenvalue weighted by Crippen LogP contribution is 2.30. The minimum absolute atomic E-state index is 0.482. The molecule has 0 spiro atoms. The first kappa shape index (κ1) is 12.3. The third-order valence-electron chi connectivity index (χ3n) is 3.01. The predicted octanol–water partition coefficient (Wildman–Crippen LogP) is 3.61. The van der Waals surface area contributed by atoms with Crippen LogP contribution in [-0.4, -0.2) is 15.4 Å². The van der Waals surface area contributed by atoms with Gasteiger partial charge in [0.25, 0.3) is 0 Å². The van der Waals surface area contributed by atoms with Crippen LogP contribution in [0.25, 0.3) is 0 Å². The molecule has 1 aromatic carbocycles. The van der Waals surface area contributed by atoms with Crippen molar-refractivity contribution in [2.75, 3.05) is 0 Å². The van der Waals surface area contributed by atoms with Gasteiger partial charge in [-0.05, 0) is 36.5 Å². The largest absolute Gasteiger partial charge is 0.198 e. The quantitative estimate of drug-likeness (QED) is 0.936. The van der Waals surface area contributed by atoms with Crippen LogP contribution in [0.3, 0.4) is 0 Å². The Morgan fingerprint density at radius 2 is 2.24 bits per heavy atom. The van der Waals surface area contributed by atoms with Crippen molar-refractivity contribution in [1.82, 2.24) is 15.4 Å². The first-order valence-corrected chi connectivity index (χ1v) is 6.60. The molecule has 2 rings (SSSR count). The van der Waals surface area contributed by atoms with E-state index < -0.39 is 0 Å². The lowest BCUT2D eigenvalue weighted by Gasteiger charge is -2.16. The van der Waals surface area contributed by atoms with E-state index in [2.05, 4.69) is 63.4 Å². The highest BCUT2D eigenvalue weighted by Gasteiger charge is 2.14. The number of rotatable bonds is 4. The molecule has 1 N–H and O–H groups in total. The number of aromatic amines is 1. The van der Waals surface area contributed by atoms with Crippen LogP contribution in [0.5, 0.6) is 0 Å². The summed E-state index contributed by atoms with van der Waals surface area (Å²) in [6, 6.07) is 6.53. The molecule has 1 heterocycles. The summed E-state index contributed by atoms with van der Waals surface area (Å²) >= 11 is 3.65. The third-order valence-corrected chi connectivity index (χ3v) is 3.70. The van der Waals surface area contributed by atoms with Gasteiger partial charge >= 0.3 is 0 Å². The summed E-state index contributed by atoms with van der Waals surface area (Å²) in [5.41, 5.74) is 3.64. The fourth-order valence-corrected chi connectivity index (χ4v) is 2.83. The molecule has 0 saturated heterocycles. The van der Waals surface area contributed by atoms with Gasteiger partial charge in [-0.3, -0.25) is 0 Å². The molecule has 0 aliphatic rings. The molecule has 17 heavy (non-hydrogen) atoms. The number of nitrogens with zero attached hydrogens (tertiary/aromatic N) is 2. The van der Waals surface area contributed by atoms with E-state index >= 15 is 0 Å². The Morgan fingerprint density at radius 1 is 1.41 bits per heavy atom. The number of benzene rings is 1. The smallest absolute Gasteiger partial charge is 0.0830 e. The van der Waals surface area contributed by atoms with Crippen molar-refractivity contribution in [3.8, 4) is 0 Å². The maximum atomic E-state index is 4.13. The molecule has 0 radical (unpaired) electrons. The molecule has 1 unspecified atom stereocenters. The molecule has 4 heteroatoms. The number of aryl methyl sites for hydroxylation is 1. The number of H-pyrrole nitrogens is 1. The van der Waals surface area contributed by atoms with Gasteiger partial charge in [-0.15, -0.1) is 0 Å². The Labute approximate surface area is 110 Å². The molecule has 0 aliphatic carbocycles. The molecule has 0 aliphatic heterocycles. The Kier molecular flexibility index (Phi) is 3.94. The Bertz CT molecular complexity index is 479. The second-order valence-electron chi connectivity index (χ2n) is 4.30. The molecule has 1 atom stereocenters. The number of hydrogen-bond donors (Lipinski definition) is 1. The van der Waals surface area contributed by atoms with Crippen molar-refractivity contribution in [2.45, 2.75) is 32.6 Å². The maximum absolute atomic E-state index is 4.13. The van der Waals surface area contributed by atoms with Gasteiger partial charge in [-0.2, -0.15) is 15.4 Å². The minimum Gasteiger partial charge on any atom is -0.198 e. The van der Waals surface area contributed by atoms with Gasteiger partial charge in [0.15, 0.2) is 0 Å². The van der Waals surface area contributed by atoms with Crippen LogP contribution in [-0.2, 0) is 6.42 Å². The summed E-state index contributed by atoms with van der Waals surface area (Å²) in [6.07, 6.45) is 3.81. The van der Waals surface area contributed by atoms with Crippen LogP contribution < -0.4 is 0 Å². The fourth-order valence-electron chi connectivity index (χ4n) is 2.01. The lowest BCUT2D eigenvalue weighted by Crippen LogP contribution is -2.03. The van der Waals surface area contributed by atoms with E-state index in [1.165, 1.54) is 15.6 Å². The molecule has 0 amide bonds. The molecule has 2 aromatic rings. The van der Waals surface area contributed by atoms with Crippen molar-refractivity contribution < 1.29 is 0 Å². The normalized spacial score (nSPS) is 12.6. The summed E-state index contributed by atoms with van der Waals surface area (Å²) in [6.45, 7) is 4.31. The van der Waals surface area contributed by atoms with Crippen molar-refractivity contribution in [3.05, 3.63) is 45.7 Å². The molecule has 0 fully saturated rings. The number of halogens is 1. The lowest BCUT2D eigenvalue weighted by atomic mass is 9.91.